The van der Waals surface area contributed by atoms with Crippen molar-refractivity contribution < 1.29 is 32.5 Å². The minimum Gasteiger partial charge on any atom is -0.497 e. The number of rotatable bonds is 11. The molecule has 0 atom stereocenters. The second kappa shape index (κ2) is 12.0. The summed E-state index contributed by atoms with van der Waals surface area (Å²) in [6.07, 6.45) is 4.53. The van der Waals surface area contributed by atoms with Crippen molar-refractivity contribution in [2.24, 2.45) is 11.1 Å². The third-order valence-electron chi connectivity index (χ3n) is 7.46. The molecule has 1 aromatic heterocycles. The Bertz CT molecular complexity index is 1270. The van der Waals surface area contributed by atoms with E-state index in [-0.39, 0.29) is 6.61 Å². The van der Waals surface area contributed by atoms with Crippen molar-refractivity contribution in [1.82, 2.24) is 9.88 Å². The molecule has 1 aliphatic rings. The Morgan fingerprint density at radius 1 is 1.16 bits per heavy atom. The van der Waals surface area contributed by atoms with Gasteiger partial charge in [0.05, 0.1) is 18.0 Å². The van der Waals surface area contributed by atoms with Crippen LogP contribution in [0.4, 0.5) is 13.2 Å². The van der Waals surface area contributed by atoms with Gasteiger partial charge in [0.15, 0.2) is 17.4 Å². The summed E-state index contributed by atoms with van der Waals surface area (Å²) < 4.78 is 51.2. The number of aromatic nitrogens is 1. The topological polar surface area (TPSA) is 97.9 Å². The van der Waals surface area contributed by atoms with Gasteiger partial charge in [0.1, 0.15) is 18.2 Å². The third kappa shape index (κ3) is 6.02. The van der Waals surface area contributed by atoms with Crippen LogP contribution in [0, 0.1) is 22.9 Å². The molecule has 0 spiro atoms. The average molecular weight is 532 g/mol. The predicted octanol–water partition coefficient (Wildman–Crippen LogP) is 4.69. The summed E-state index contributed by atoms with van der Waals surface area (Å²) in [5.74, 6) is -3.90. The van der Waals surface area contributed by atoms with Crippen LogP contribution in [0.1, 0.15) is 36.8 Å². The lowest BCUT2D eigenvalue weighted by atomic mass is 9.74. The number of piperidine rings is 1. The lowest BCUT2D eigenvalue weighted by Crippen LogP contribution is -2.45. The lowest BCUT2D eigenvalue weighted by Gasteiger charge is -2.39. The van der Waals surface area contributed by atoms with Crippen LogP contribution in [0.25, 0.3) is 10.9 Å². The fraction of sp³-hybridized carbons (Fsp3) is 0.429. The van der Waals surface area contributed by atoms with Crippen LogP contribution in [0.2, 0.25) is 0 Å². The number of carboxylic acid groups (broad SMARTS) is 1. The second-order valence-corrected chi connectivity index (χ2v) is 9.68. The molecule has 0 aliphatic carbocycles. The molecule has 1 aliphatic heterocycles. The van der Waals surface area contributed by atoms with Gasteiger partial charge in [0.25, 0.3) is 0 Å². The van der Waals surface area contributed by atoms with E-state index in [1.54, 1.807) is 13.3 Å². The minimum absolute atomic E-state index is 0.0000111. The number of likely N-dealkylation sites (tertiary alicyclic amines) is 1. The first-order chi connectivity index (χ1) is 18.3. The number of aliphatic carboxylic acids is 1. The number of aryl methyl sites for hydroxylation is 1. The minimum atomic E-state index is -1.09. The summed E-state index contributed by atoms with van der Waals surface area (Å²) in [6.45, 7) is 1.75. The van der Waals surface area contributed by atoms with E-state index in [9.17, 15) is 23.1 Å². The zero-order valence-electron chi connectivity index (χ0n) is 21.3. The lowest BCUT2D eigenvalue weighted by molar-refractivity contribution is -0.152. The first-order valence-electron chi connectivity index (χ1n) is 12.6. The second-order valence-electron chi connectivity index (χ2n) is 9.68. The number of hydrogen-bond donors (Lipinski definition) is 2. The first kappa shape index (κ1) is 27.7. The normalized spacial score (nSPS) is 15.5. The van der Waals surface area contributed by atoms with Gasteiger partial charge in [-0.25, -0.2) is 13.2 Å². The van der Waals surface area contributed by atoms with Crippen LogP contribution < -0.4 is 15.2 Å². The number of fused-ring (bicyclic) bond motifs is 1. The van der Waals surface area contributed by atoms with E-state index in [1.807, 2.05) is 23.1 Å². The summed E-state index contributed by atoms with van der Waals surface area (Å²) in [5, 5.41) is 11.1. The SMILES string of the molecule is COc1ccc2ncc(CN)c(CCCC3(C(=O)O)CCN(CCOc4c(F)cc(F)cc4F)CC3)c2c1. The molecule has 3 N–H and O–H groups in total. The average Bonchev–Trinajstić information content (AvgIpc) is 2.90. The molecule has 2 heterocycles. The van der Waals surface area contributed by atoms with Gasteiger partial charge >= 0.3 is 5.97 Å². The van der Waals surface area contributed by atoms with E-state index in [4.69, 9.17) is 15.2 Å². The Kier molecular flexibility index (Phi) is 8.73. The van der Waals surface area contributed by atoms with Crippen molar-refractivity contribution in [2.75, 3.05) is 33.4 Å². The van der Waals surface area contributed by atoms with E-state index in [0.717, 1.165) is 27.8 Å². The summed E-state index contributed by atoms with van der Waals surface area (Å²) in [7, 11) is 1.61. The fourth-order valence-electron chi connectivity index (χ4n) is 5.19. The van der Waals surface area contributed by atoms with E-state index < -0.39 is 34.6 Å². The third-order valence-corrected chi connectivity index (χ3v) is 7.46. The number of pyridine rings is 1. The zero-order chi connectivity index (χ0) is 27.3. The molecule has 0 unspecified atom stereocenters. The van der Waals surface area contributed by atoms with Crippen LogP contribution >= 0.6 is 0 Å². The van der Waals surface area contributed by atoms with Gasteiger partial charge in [-0.05, 0) is 74.5 Å². The van der Waals surface area contributed by atoms with E-state index in [2.05, 4.69) is 4.98 Å². The van der Waals surface area contributed by atoms with E-state index in [0.29, 0.717) is 70.4 Å². The monoisotopic (exact) mass is 531 g/mol. The van der Waals surface area contributed by atoms with Crippen LogP contribution in [-0.2, 0) is 17.8 Å². The van der Waals surface area contributed by atoms with Gasteiger partial charge in [-0.2, -0.15) is 0 Å². The number of halogens is 3. The number of benzene rings is 2. The molecule has 0 saturated carbocycles. The van der Waals surface area contributed by atoms with Crippen molar-refractivity contribution in [3.8, 4) is 11.5 Å². The Hall–Kier alpha value is -3.37. The van der Waals surface area contributed by atoms with Gasteiger partial charge in [-0.15, -0.1) is 0 Å². The van der Waals surface area contributed by atoms with Crippen molar-refractivity contribution >= 4 is 16.9 Å². The highest BCUT2D eigenvalue weighted by atomic mass is 19.1. The molecule has 204 valence electrons. The number of methoxy groups -OCH3 is 1. The van der Waals surface area contributed by atoms with Gasteiger partial charge in [0.2, 0.25) is 0 Å². The Morgan fingerprint density at radius 3 is 2.50 bits per heavy atom. The summed E-state index contributed by atoms with van der Waals surface area (Å²) in [6, 6.07) is 6.83. The highest BCUT2D eigenvalue weighted by Crippen LogP contribution is 2.38. The van der Waals surface area contributed by atoms with Gasteiger partial charge in [-0.3, -0.25) is 14.7 Å². The number of nitrogens with two attached hydrogens (primary N) is 1. The van der Waals surface area contributed by atoms with E-state index in [1.165, 1.54) is 0 Å². The van der Waals surface area contributed by atoms with Crippen molar-refractivity contribution in [3.63, 3.8) is 0 Å². The highest BCUT2D eigenvalue weighted by Gasteiger charge is 2.40. The maximum absolute atomic E-state index is 13.8. The van der Waals surface area contributed by atoms with Gasteiger partial charge < -0.3 is 20.3 Å². The number of ether oxygens (including phenoxy) is 2. The zero-order valence-corrected chi connectivity index (χ0v) is 21.3. The molecule has 0 amide bonds. The fourth-order valence-corrected chi connectivity index (χ4v) is 5.19. The van der Waals surface area contributed by atoms with E-state index >= 15 is 0 Å². The molecular formula is C28H32F3N3O4. The Labute approximate surface area is 219 Å². The van der Waals surface area contributed by atoms with Crippen LogP contribution in [-0.4, -0.2) is 54.3 Å². The summed E-state index contributed by atoms with van der Waals surface area (Å²) in [4.78, 5) is 18.8. The molecule has 0 bridgehead atoms. The molecule has 2 aromatic carbocycles. The van der Waals surface area contributed by atoms with Crippen molar-refractivity contribution in [2.45, 2.75) is 38.6 Å². The molecule has 1 saturated heterocycles. The maximum Gasteiger partial charge on any atom is 0.309 e. The van der Waals surface area contributed by atoms with Crippen LogP contribution in [0.15, 0.2) is 36.5 Å². The summed E-state index contributed by atoms with van der Waals surface area (Å²) in [5.41, 5.74) is 7.95. The molecule has 3 aromatic rings. The van der Waals surface area contributed by atoms with Gasteiger partial charge in [0, 0.05) is 36.8 Å². The van der Waals surface area contributed by atoms with Gasteiger partial charge in [-0.1, -0.05) is 0 Å². The largest absolute Gasteiger partial charge is 0.497 e. The molecule has 10 heteroatoms. The molecule has 7 nitrogen and oxygen atoms in total. The Balaban J connectivity index is 1.35. The molecule has 38 heavy (non-hydrogen) atoms. The Morgan fingerprint density at radius 2 is 1.87 bits per heavy atom. The molecule has 0 radical (unpaired) electrons. The maximum atomic E-state index is 13.8. The number of carboxylic acids is 1. The molecular weight excluding hydrogens is 499 g/mol. The van der Waals surface area contributed by atoms with Crippen LogP contribution in [0.3, 0.4) is 0 Å². The summed E-state index contributed by atoms with van der Waals surface area (Å²) >= 11 is 0. The number of carbonyl (C=O) groups is 1. The predicted molar refractivity (Wildman–Crippen MR) is 137 cm³/mol. The van der Waals surface area contributed by atoms with Crippen molar-refractivity contribution in [3.05, 3.63) is 65.1 Å². The smallest absolute Gasteiger partial charge is 0.309 e. The van der Waals surface area contributed by atoms with Crippen LogP contribution in [0.5, 0.6) is 11.5 Å². The van der Waals surface area contributed by atoms with Crippen molar-refractivity contribution in [1.29, 1.82) is 0 Å². The highest BCUT2D eigenvalue weighted by molar-refractivity contribution is 5.84. The number of hydrogen-bond acceptors (Lipinski definition) is 6. The first-order valence-corrected chi connectivity index (χ1v) is 12.6. The quantitative estimate of drug-likeness (QED) is 0.371. The molecule has 4 rings (SSSR count). The standard InChI is InChI=1S/C28H32F3N3O4/c1-37-20-4-5-25-22(15-20)21(18(16-32)17-33-25)3-2-6-28(27(35)36)7-9-34(10-8-28)11-12-38-26-23(30)13-19(29)14-24(26)31/h4-5,13-15,17H,2-3,6-12,16,32H2,1H3,(H,35,36). The number of nitrogens with zero attached hydrogens (tertiary/aromatic N) is 2. The molecule has 1 fully saturated rings.